The fourth-order valence-electron chi connectivity index (χ4n) is 1.90. The van der Waals surface area contributed by atoms with E-state index in [-0.39, 0.29) is 6.54 Å². The van der Waals surface area contributed by atoms with Crippen LogP contribution >= 0.6 is 0 Å². The van der Waals surface area contributed by atoms with Gasteiger partial charge in [0.1, 0.15) is 0 Å². The number of benzene rings is 1. The predicted molar refractivity (Wildman–Crippen MR) is 72.5 cm³/mol. The van der Waals surface area contributed by atoms with Crippen molar-refractivity contribution in [3.63, 3.8) is 0 Å². The van der Waals surface area contributed by atoms with Gasteiger partial charge in [0.15, 0.2) is 0 Å². The van der Waals surface area contributed by atoms with E-state index in [0.29, 0.717) is 6.54 Å². The highest BCUT2D eigenvalue weighted by atomic mass is 19.4. The van der Waals surface area contributed by atoms with Crippen LogP contribution in [0, 0.1) is 6.92 Å². The van der Waals surface area contributed by atoms with Crippen molar-refractivity contribution in [2.45, 2.75) is 33.0 Å². The molecule has 0 aliphatic carbocycles. The molecule has 1 aromatic carbocycles. The van der Waals surface area contributed by atoms with E-state index in [1.54, 1.807) is 11.9 Å². The zero-order valence-corrected chi connectivity index (χ0v) is 11.6. The highest BCUT2D eigenvalue weighted by Crippen LogP contribution is 2.24. The van der Waals surface area contributed by atoms with Crippen LogP contribution in [0.1, 0.15) is 24.5 Å². The van der Waals surface area contributed by atoms with Crippen LogP contribution in [-0.2, 0) is 6.54 Å². The lowest BCUT2D eigenvalue weighted by atomic mass is 10.1. The minimum Gasteiger partial charge on any atom is -0.374 e. The predicted octanol–water partition coefficient (Wildman–Crippen LogP) is 3.49. The molecule has 0 radical (unpaired) electrons. The first kappa shape index (κ1) is 15.8. The Morgan fingerprint density at radius 3 is 2.53 bits per heavy atom. The Kier molecular flexibility index (Phi) is 5.66. The first-order chi connectivity index (χ1) is 8.83. The van der Waals surface area contributed by atoms with Crippen LogP contribution in [0.25, 0.3) is 0 Å². The van der Waals surface area contributed by atoms with Gasteiger partial charge in [-0.05, 0) is 25.1 Å². The van der Waals surface area contributed by atoms with Gasteiger partial charge in [0.2, 0.25) is 0 Å². The Hall–Kier alpha value is -1.23. The zero-order valence-electron chi connectivity index (χ0n) is 11.6. The van der Waals surface area contributed by atoms with Crippen LogP contribution in [0.15, 0.2) is 18.2 Å². The van der Waals surface area contributed by atoms with Crippen molar-refractivity contribution in [1.82, 2.24) is 5.32 Å². The molecule has 0 spiro atoms. The number of rotatable bonds is 6. The molecule has 0 amide bonds. The summed E-state index contributed by atoms with van der Waals surface area (Å²) in [6.07, 6.45) is -4.90. The number of anilines is 1. The molecule has 5 heteroatoms. The molecule has 2 nitrogen and oxygen atoms in total. The third kappa shape index (κ3) is 5.51. The molecule has 0 heterocycles. The van der Waals surface area contributed by atoms with E-state index in [2.05, 4.69) is 5.32 Å². The molecule has 0 unspecified atom stereocenters. The van der Waals surface area contributed by atoms with Crippen molar-refractivity contribution in [1.29, 1.82) is 0 Å². The number of aryl methyl sites for hydroxylation is 1. The Bertz CT molecular complexity index is 402. The minimum absolute atomic E-state index is 0.0221. The number of hydrogen-bond acceptors (Lipinski definition) is 2. The molecule has 0 aliphatic rings. The second-order valence-corrected chi connectivity index (χ2v) is 4.70. The molecule has 0 aliphatic heterocycles. The SMILES string of the molecule is CCNCc1cc(C)ccc1N(C)CCC(F)(F)F. The first-order valence-electron chi connectivity index (χ1n) is 6.41. The molecular weight excluding hydrogens is 253 g/mol. The van der Waals surface area contributed by atoms with Crippen LogP contribution in [-0.4, -0.2) is 26.3 Å². The molecule has 0 atom stereocenters. The summed E-state index contributed by atoms with van der Waals surface area (Å²) in [5.74, 6) is 0. The molecule has 19 heavy (non-hydrogen) atoms. The Labute approximate surface area is 112 Å². The van der Waals surface area contributed by atoms with Gasteiger partial charge in [-0.2, -0.15) is 13.2 Å². The molecular formula is C14H21F3N2. The molecule has 0 aromatic heterocycles. The van der Waals surface area contributed by atoms with Gasteiger partial charge >= 0.3 is 6.18 Å². The molecule has 1 N–H and O–H groups in total. The van der Waals surface area contributed by atoms with Crippen LogP contribution in [0.5, 0.6) is 0 Å². The standard InChI is InChI=1S/C14H21F3N2/c1-4-18-10-12-9-11(2)5-6-13(12)19(3)8-7-14(15,16)17/h5-6,9,18H,4,7-8,10H2,1-3H3. The largest absolute Gasteiger partial charge is 0.390 e. The second kappa shape index (κ2) is 6.80. The normalized spacial score (nSPS) is 11.7. The van der Waals surface area contributed by atoms with Gasteiger partial charge in [-0.25, -0.2) is 0 Å². The van der Waals surface area contributed by atoms with Gasteiger partial charge in [0.05, 0.1) is 6.42 Å². The summed E-state index contributed by atoms with van der Waals surface area (Å²) in [6.45, 7) is 5.47. The number of halogens is 3. The third-order valence-electron chi connectivity index (χ3n) is 2.94. The lowest BCUT2D eigenvalue weighted by Crippen LogP contribution is -2.26. The van der Waals surface area contributed by atoms with E-state index in [4.69, 9.17) is 0 Å². The maximum atomic E-state index is 12.3. The number of nitrogens with zero attached hydrogens (tertiary/aromatic N) is 1. The average Bonchev–Trinajstić information content (AvgIpc) is 2.32. The second-order valence-electron chi connectivity index (χ2n) is 4.70. The fourth-order valence-corrected chi connectivity index (χ4v) is 1.90. The summed E-state index contributed by atoms with van der Waals surface area (Å²) in [5, 5.41) is 3.21. The molecule has 0 fully saturated rings. The highest BCUT2D eigenvalue weighted by molar-refractivity contribution is 5.54. The van der Waals surface area contributed by atoms with E-state index in [1.165, 1.54) is 0 Å². The number of hydrogen-bond donors (Lipinski definition) is 1. The van der Waals surface area contributed by atoms with Gasteiger partial charge in [-0.1, -0.05) is 24.6 Å². The zero-order chi connectivity index (χ0) is 14.5. The summed E-state index contributed by atoms with van der Waals surface area (Å²) in [4.78, 5) is 1.67. The fraction of sp³-hybridized carbons (Fsp3) is 0.571. The van der Waals surface area contributed by atoms with E-state index in [0.717, 1.165) is 23.4 Å². The van der Waals surface area contributed by atoms with Crippen molar-refractivity contribution in [3.05, 3.63) is 29.3 Å². The highest BCUT2D eigenvalue weighted by Gasteiger charge is 2.27. The Morgan fingerprint density at radius 2 is 1.95 bits per heavy atom. The average molecular weight is 274 g/mol. The maximum absolute atomic E-state index is 12.3. The number of nitrogens with one attached hydrogen (secondary N) is 1. The lowest BCUT2D eigenvalue weighted by Gasteiger charge is -2.23. The van der Waals surface area contributed by atoms with Gasteiger partial charge in [-0.3, -0.25) is 0 Å². The first-order valence-corrected chi connectivity index (χ1v) is 6.41. The number of alkyl halides is 3. The minimum atomic E-state index is -4.11. The third-order valence-corrected chi connectivity index (χ3v) is 2.94. The van der Waals surface area contributed by atoms with E-state index in [1.807, 2.05) is 32.0 Å². The van der Waals surface area contributed by atoms with Gasteiger partial charge in [-0.15, -0.1) is 0 Å². The van der Waals surface area contributed by atoms with Crippen molar-refractivity contribution in [2.75, 3.05) is 25.0 Å². The Morgan fingerprint density at radius 1 is 1.26 bits per heavy atom. The van der Waals surface area contributed by atoms with E-state index >= 15 is 0 Å². The van der Waals surface area contributed by atoms with Crippen LogP contribution < -0.4 is 10.2 Å². The summed E-state index contributed by atoms with van der Waals surface area (Å²) in [6, 6.07) is 5.83. The monoisotopic (exact) mass is 274 g/mol. The van der Waals surface area contributed by atoms with Gasteiger partial charge < -0.3 is 10.2 Å². The molecule has 1 aromatic rings. The quantitative estimate of drug-likeness (QED) is 0.854. The summed E-state index contributed by atoms with van der Waals surface area (Å²) in [5.41, 5.74) is 3.00. The molecule has 0 bridgehead atoms. The van der Waals surface area contributed by atoms with Crippen molar-refractivity contribution in [2.24, 2.45) is 0 Å². The summed E-state index contributed by atoms with van der Waals surface area (Å²) in [7, 11) is 1.70. The van der Waals surface area contributed by atoms with E-state index in [9.17, 15) is 13.2 Å². The topological polar surface area (TPSA) is 15.3 Å². The summed E-state index contributed by atoms with van der Waals surface area (Å²) < 4.78 is 36.8. The maximum Gasteiger partial charge on any atom is 0.390 e. The summed E-state index contributed by atoms with van der Waals surface area (Å²) >= 11 is 0. The van der Waals surface area contributed by atoms with Gasteiger partial charge in [0, 0.05) is 25.8 Å². The molecule has 1 rings (SSSR count). The van der Waals surface area contributed by atoms with Crippen molar-refractivity contribution >= 4 is 5.69 Å². The molecule has 108 valence electrons. The van der Waals surface area contributed by atoms with Crippen molar-refractivity contribution in [3.8, 4) is 0 Å². The van der Waals surface area contributed by atoms with Crippen molar-refractivity contribution < 1.29 is 13.2 Å². The van der Waals surface area contributed by atoms with Crippen LogP contribution in [0.4, 0.5) is 18.9 Å². The van der Waals surface area contributed by atoms with Crippen LogP contribution in [0.2, 0.25) is 0 Å². The molecule has 0 saturated heterocycles. The van der Waals surface area contributed by atoms with E-state index < -0.39 is 12.6 Å². The lowest BCUT2D eigenvalue weighted by molar-refractivity contribution is -0.132. The molecule has 0 saturated carbocycles. The van der Waals surface area contributed by atoms with Crippen LogP contribution in [0.3, 0.4) is 0 Å². The van der Waals surface area contributed by atoms with Gasteiger partial charge in [0.25, 0.3) is 0 Å². The Balaban J connectivity index is 2.79. The smallest absolute Gasteiger partial charge is 0.374 e.